The van der Waals surface area contributed by atoms with E-state index >= 15 is 0 Å². The Balaban J connectivity index is 2.52. The average molecular weight is 233 g/mol. The third kappa shape index (κ3) is 1.76. The summed E-state index contributed by atoms with van der Waals surface area (Å²) >= 11 is 0. The van der Waals surface area contributed by atoms with Crippen molar-refractivity contribution < 1.29 is 22.0 Å². The largest absolute Gasteiger partial charge is 0.456 e. The Morgan fingerprint density at radius 3 is 2.50 bits per heavy atom. The predicted molar refractivity (Wildman–Crippen MR) is 49.2 cm³/mol. The predicted octanol–water partition coefficient (Wildman–Crippen LogP) is 3.13. The van der Waals surface area contributed by atoms with Crippen LogP contribution in [0.25, 0.3) is 11.0 Å². The number of rotatable bonds is 1. The number of fused-ring (bicyclic) bond motifs is 1. The summed E-state index contributed by atoms with van der Waals surface area (Å²) in [7, 11) is 0. The van der Waals surface area contributed by atoms with Gasteiger partial charge in [-0.15, -0.1) is 0 Å². The Hall–Kier alpha value is -1.56. The molecule has 0 bridgehead atoms. The van der Waals surface area contributed by atoms with Crippen molar-refractivity contribution in [3.63, 3.8) is 0 Å². The van der Waals surface area contributed by atoms with Gasteiger partial charge in [0.2, 0.25) is 0 Å². The summed E-state index contributed by atoms with van der Waals surface area (Å²) in [6.45, 7) is 0. The molecule has 16 heavy (non-hydrogen) atoms. The summed E-state index contributed by atoms with van der Waals surface area (Å²) in [5.74, 6) is -1.20. The van der Waals surface area contributed by atoms with Gasteiger partial charge in [-0.05, 0) is 12.1 Å². The van der Waals surface area contributed by atoms with Crippen LogP contribution in [0.3, 0.4) is 0 Å². The quantitative estimate of drug-likeness (QED) is 0.768. The first kappa shape index (κ1) is 10.9. The molecule has 0 aliphatic heterocycles. The molecule has 1 aromatic heterocycles. The maximum atomic E-state index is 13.1. The van der Waals surface area contributed by atoms with E-state index in [1.165, 1.54) is 12.1 Å². The zero-order valence-corrected chi connectivity index (χ0v) is 7.88. The minimum atomic E-state index is -4.61. The van der Waals surface area contributed by atoms with Crippen LogP contribution in [0, 0.1) is 5.82 Å². The number of furan rings is 1. The van der Waals surface area contributed by atoms with Crippen molar-refractivity contribution in [1.29, 1.82) is 0 Å². The molecule has 1 unspecified atom stereocenters. The van der Waals surface area contributed by atoms with Crippen LogP contribution in [0.4, 0.5) is 17.6 Å². The second-order valence-electron chi connectivity index (χ2n) is 3.33. The van der Waals surface area contributed by atoms with Gasteiger partial charge in [-0.3, -0.25) is 0 Å². The maximum absolute atomic E-state index is 13.1. The number of halogens is 4. The number of nitrogens with two attached hydrogens (primary N) is 1. The third-order valence-electron chi connectivity index (χ3n) is 2.17. The highest BCUT2D eigenvalue weighted by atomic mass is 19.4. The SMILES string of the molecule is NC(c1cc2cccc(F)c2o1)C(F)(F)F. The number of hydrogen-bond acceptors (Lipinski definition) is 2. The minimum absolute atomic E-state index is 0.211. The minimum Gasteiger partial charge on any atom is -0.456 e. The van der Waals surface area contributed by atoms with Crippen molar-refractivity contribution in [2.24, 2.45) is 5.73 Å². The van der Waals surface area contributed by atoms with Crippen molar-refractivity contribution in [3.8, 4) is 0 Å². The molecule has 6 heteroatoms. The lowest BCUT2D eigenvalue weighted by Gasteiger charge is -2.12. The summed E-state index contributed by atoms with van der Waals surface area (Å²) in [5.41, 5.74) is 4.73. The molecule has 0 aliphatic carbocycles. The van der Waals surface area contributed by atoms with E-state index in [1.54, 1.807) is 0 Å². The number of alkyl halides is 3. The normalized spacial score (nSPS) is 14.3. The van der Waals surface area contributed by atoms with E-state index in [0.29, 0.717) is 0 Å². The van der Waals surface area contributed by atoms with Gasteiger partial charge in [0.25, 0.3) is 0 Å². The van der Waals surface area contributed by atoms with Gasteiger partial charge in [-0.25, -0.2) is 4.39 Å². The first-order chi connectivity index (χ1) is 7.39. The molecular weight excluding hydrogens is 226 g/mol. The monoisotopic (exact) mass is 233 g/mol. The van der Waals surface area contributed by atoms with Crippen molar-refractivity contribution in [1.82, 2.24) is 0 Å². The molecule has 0 spiro atoms. The Morgan fingerprint density at radius 1 is 1.25 bits per heavy atom. The molecule has 1 heterocycles. The van der Waals surface area contributed by atoms with Crippen molar-refractivity contribution >= 4 is 11.0 Å². The molecule has 0 saturated carbocycles. The van der Waals surface area contributed by atoms with Crippen LogP contribution in [0.2, 0.25) is 0 Å². The van der Waals surface area contributed by atoms with Crippen LogP contribution in [0.15, 0.2) is 28.7 Å². The summed E-state index contributed by atoms with van der Waals surface area (Å²) in [6, 6.07) is 2.80. The summed E-state index contributed by atoms with van der Waals surface area (Å²) in [4.78, 5) is 0. The molecule has 1 atom stereocenters. The molecule has 0 fully saturated rings. The summed E-state index contributed by atoms with van der Waals surface area (Å²) < 4.78 is 54.8. The number of benzene rings is 1. The molecular formula is C10H7F4NO. The van der Waals surface area contributed by atoms with Gasteiger partial charge < -0.3 is 10.2 Å². The van der Waals surface area contributed by atoms with Gasteiger partial charge in [-0.1, -0.05) is 12.1 Å². The zero-order valence-electron chi connectivity index (χ0n) is 7.88. The number of para-hydroxylation sites is 1. The fourth-order valence-corrected chi connectivity index (χ4v) is 1.36. The maximum Gasteiger partial charge on any atom is 0.410 e. The van der Waals surface area contributed by atoms with Gasteiger partial charge in [0.15, 0.2) is 17.4 Å². The van der Waals surface area contributed by atoms with Gasteiger partial charge in [-0.2, -0.15) is 13.2 Å². The first-order valence-corrected chi connectivity index (χ1v) is 4.40. The fourth-order valence-electron chi connectivity index (χ4n) is 1.36. The number of hydrogen-bond donors (Lipinski definition) is 1. The van der Waals surface area contributed by atoms with Crippen molar-refractivity contribution in [2.75, 3.05) is 0 Å². The van der Waals surface area contributed by atoms with E-state index < -0.39 is 23.8 Å². The Kier molecular flexibility index (Phi) is 2.38. The molecule has 0 saturated heterocycles. The van der Waals surface area contributed by atoms with Crippen molar-refractivity contribution in [2.45, 2.75) is 12.2 Å². The van der Waals surface area contributed by atoms with Crippen LogP contribution in [-0.2, 0) is 0 Å². The lowest BCUT2D eigenvalue weighted by molar-refractivity contribution is -0.152. The van der Waals surface area contributed by atoms with Crippen LogP contribution in [0.1, 0.15) is 11.8 Å². The highest BCUT2D eigenvalue weighted by Crippen LogP contribution is 2.34. The summed E-state index contributed by atoms with van der Waals surface area (Å²) in [6.07, 6.45) is -4.61. The molecule has 1 aromatic carbocycles. The zero-order chi connectivity index (χ0) is 11.9. The Morgan fingerprint density at radius 2 is 1.94 bits per heavy atom. The van der Waals surface area contributed by atoms with Gasteiger partial charge >= 0.3 is 6.18 Å². The summed E-state index contributed by atoms with van der Waals surface area (Å²) in [5, 5.41) is 0.259. The lowest BCUT2D eigenvalue weighted by Crippen LogP contribution is -2.27. The molecule has 0 radical (unpaired) electrons. The van der Waals surface area contributed by atoms with Crippen LogP contribution in [0.5, 0.6) is 0 Å². The van der Waals surface area contributed by atoms with Gasteiger partial charge in [0.05, 0.1) is 0 Å². The second kappa shape index (κ2) is 3.48. The highest BCUT2D eigenvalue weighted by Gasteiger charge is 2.40. The van der Waals surface area contributed by atoms with E-state index in [0.717, 1.165) is 12.1 Å². The van der Waals surface area contributed by atoms with Gasteiger partial charge in [0.1, 0.15) is 5.76 Å². The molecule has 2 N–H and O–H groups in total. The van der Waals surface area contributed by atoms with Crippen molar-refractivity contribution in [3.05, 3.63) is 35.8 Å². The Labute approximate surface area is 87.6 Å². The molecule has 2 nitrogen and oxygen atoms in total. The van der Waals surface area contributed by atoms with E-state index in [1.807, 2.05) is 0 Å². The van der Waals surface area contributed by atoms with E-state index in [4.69, 9.17) is 10.2 Å². The van der Waals surface area contributed by atoms with Gasteiger partial charge in [0, 0.05) is 5.39 Å². The Bertz CT molecular complexity index is 517. The molecule has 2 aromatic rings. The molecule has 0 aliphatic rings. The van der Waals surface area contributed by atoms with Crippen LogP contribution in [-0.4, -0.2) is 6.18 Å². The molecule has 2 rings (SSSR count). The van der Waals surface area contributed by atoms with E-state index in [2.05, 4.69) is 0 Å². The lowest BCUT2D eigenvalue weighted by atomic mass is 10.2. The van der Waals surface area contributed by atoms with Crippen LogP contribution >= 0.6 is 0 Å². The smallest absolute Gasteiger partial charge is 0.410 e. The standard InChI is InChI=1S/C10H7F4NO/c11-6-3-1-2-5-4-7(16-8(5)6)9(15)10(12,13)14/h1-4,9H,15H2. The molecule has 86 valence electrons. The fraction of sp³-hybridized carbons (Fsp3) is 0.200. The topological polar surface area (TPSA) is 39.2 Å². The third-order valence-corrected chi connectivity index (χ3v) is 2.17. The second-order valence-corrected chi connectivity index (χ2v) is 3.33. The van der Waals surface area contributed by atoms with E-state index in [9.17, 15) is 17.6 Å². The van der Waals surface area contributed by atoms with Crippen LogP contribution < -0.4 is 5.73 Å². The van der Waals surface area contributed by atoms with E-state index in [-0.39, 0.29) is 11.0 Å². The highest BCUT2D eigenvalue weighted by molar-refractivity contribution is 5.78. The average Bonchev–Trinajstić information content (AvgIpc) is 2.60. The first-order valence-electron chi connectivity index (χ1n) is 4.40. The molecule has 0 amide bonds.